The monoisotopic (exact) mass is 527 g/mol. The molecule has 7 nitrogen and oxygen atoms in total. The lowest BCUT2D eigenvalue weighted by atomic mass is 9.97. The Balaban J connectivity index is 1.82. The van der Waals surface area contributed by atoms with Crippen LogP contribution in [0.15, 0.2) is 39.5 Å². The summed E-state index contributed by atoms with van der Waals surface area (Å²) in [4.78, 5) is 29.1. The SMILES string of the molecule is COc1cc(C2c3c(oc4cc(C)c(Cl)cc4c3=O)C(=O)N2CCCOC(C)C)ccc1OCC(C)C. The second kappa shape index (κ2) is 11.2. The van der Waals surface area contributed by atoms with E-state index in [0.717, 1.165) is 11.1 Å². The van der Waals surface area contributed by atoms with E-state index in [1.165, 1.54) is 0 Å². The molecule has 1 amide bonds. The molecule has 1 atom stereocenters. The number of benzene rings is 2. The van der Waals surface area contributed by atoms with Crippen LogP contribution in [-0.2, 0) is 4.74 Å². The second-order valence-corrected chi connectivity index (χ2v) is 10.5. The second-order valence-electron chi connectivity index (χ2n) is 10.1. The maximum absolute atomic E-state index is 13.8. The molecule has 1 aromatic heterocycles. The summed E-state index contributed by atoms with van der Waals surface area (Å²) in [5.74, 6) is 1.23. The molecule has 0 bridgehead atoms. The van der Waals surface area contributed by atoms with Crippen LogP contribution in [0.5, 0.6) is 11.5 Å². The molecule has 8 heteroatoms. The number of amides is 1. The lowest BCUT2D eigenvalue weighted by Gasteiger charge is -2.26. The largest absolute Gasteiger partial charge is 0.493 e. The molecule has 1 unspecified atom stereocenters. The van der Waals surface area contributed by atoms with E-state index >= 15 is 0 Å². The molecular formula is C29H34ClNO6. The fourth-order valence-corrected chi connectivity index (χ4v) is 4.67. The zero-order chi connectivity index (χ0) is 26.9. The summed E-state index contributed by atoms with van der Waals surface area (Å²) in [7, 11) is 1.57. The van der Waals surface area contributed by atoms with Gasteiger partial charge in [0.05, 0.1) is 36.8 Å². The van der Waals surface area contributed by atoms with Gasteiger partial charge in [-0.2, -0.15) is 0 Å². The van der Waals surface area contributed by atoms with Crippen molar-refractivity contribution in [3.05, 3.63) is 68.0 Å². The molecule has 2 heterocycles. The molecule has 2 aromatic carbocycles. The third-order valence-corrected chi connectivity index (χ3v) is 6.72. The van der Waals surface area contributed by atoms with Gasteiger partial charge in [0.25, 0.3) is 5.91 Å². The highest BCUT2D eigenvalue weighted by atomic mass is 35.5. The first kappa shape index (κ1) is 27.0. The first-order valence-electron chi connectivity index (χ1n) is 12.6. The molecular weight excluding hydrogens is 494 g/mol. The minimum atomic E-state index is -0.643. The molecule has 0 N–H and O–H groups in total. The van der Waals surface area contributed by atoms with E-state index in [1.807, 2.05) is 39.0 Å². The number of aryl methyl sites for hydroxylation is 1. The Labute approximate surface area is 222 Å². The van der Waals surface area contributed by atoms with Crippen LogP contribution < -0.4 is 14.9 Å². The highest BCUT2D eigenvalue weighted by Crippen LogP contribution is 2.41. The van der Waals surface area contributed by atoms with Crippen LogP contribution in [0.2, 0.25) is 5.02 Å². The summed E-state index contributed by atoms with van der Waals surface area (Å²) >= 11 is 6.34. The number of hydrogen-bond acceptors (Lipinski definition) is 6. The van der Waals surface area contributed by atoms with E-state index in [4.69, 9.17) is 30.2 Å². The van der Waals surface area contributed by atoms with Gasteiger partial charge < -0.3 is 23.5 Å². The van der Waals surface area contributed by atoms with Crippen LogP contribution >= 0.6 is 11.6 Å². The molecule has 4 rings (SSSR count). The van der Waals surface area contributed by atoms with Gasteiger partial charge in [-0.05, 0) is 68.5 Å². The van der Waals surface area contributed by atoms with Crippen LogP contribution in [0.4, 0.5) is 0 Å². The molecule has 0 spiro atoms. The number of fused-ring (bicyclic) bond motifs is 2. The first-order valence-corrected chi connectivity index (χ1v) is 13.0. The van der Waals surface area contributed by atoms with E-state index in [1.54, 1.807) is 24.1 Å². The Morgan fingerprint density at radius 2 is 1.84 bits per heavy atom. The number of carbonyl (C=O) groups is 1. The molecule has 0 fully saturated rings. The van der Waals surface area contributed by atoms with Gasteiger partial charge in [0.2, 0.25) is 5.76 Å². The predicted octanol–water partition coefficient (Wildman–Crippen LogP) is 6.16. The van der Waals surface area contributed by atoms with Crippen LogP contribution in [0.25, 0.3) is 11.0 Å². The van der Waals surface area contributed by atoms with Crippen molar-refractivity contribution in [1.82, 2.24) is 4.90 Å². The van der Waals surface area contributed by atoms with Gasteiger partial charge in [0.15, 0.2) is 16.9 Å². The molecule has 0 saturated carbocycles. The van der Waals surface area contributed by atoms with Gasteiger partial charge in [-0.3, -0.25) is 9.59 Å². The van der Waals surface area contributed by atoms with Crippen molar-refractivity contribution in [2.45, 2.75) is 53.2 Å². The van der Waals surface area contributed by atoms with Crippen molar-refractivity contribution >= 4 is 28.5 Å². The molecule has 198 valence electrons. The van der Waals surface area contributed by atoms with E-state index in [9.17, 15) is 9.59 Å². The van der Waals surface area contributed by atoms with Crippen molar-refractivity contribution in [3.63, 3.8) is 0 Å². The number of ether oxygens (including phenoxy) is 3. The minimum Gasteiger partial charge on any atom is -0.493 e. The summed E-state index contributed by atoms with van der Waals surface area (Å²) in [6, 6.07) is 8.19. The summed E-state index contributed by atoms with van der Waals surface area (Å²) in [6.45, 7) is 11.3. The Kier molecular flexibility index (Phi) is 8.14. The van der Waals surface area contributed by atoms with Crippen LogP contribution in [0, 0.1) is 12.8 Å². The quantitative estimate of drug-likeness (QED) is 0.294. The van der Waals surface area contributed by atoms with E-state index < -0.39 is 6.04 Å². The Bertz CT molecular complexity index is 1360. The lowest BCUT2D eigenvalue weighted by molar-refractivity contribution is 0.0593. The topological polar surface area (TPSA) is 78.2 Å². The smallest absolute Gasteiger partial charge is 0.290 e. The lowest BCUT2D eigenvalue weighted by Crippen LogP contribution is -2.31. The van der Waals surface area contributed by atoms with E-state index in [-0.39, 0.29) is 23.2 Å². The van der Waals surface area contributed by atoms with Crippen molar-refractivity contribution in [3.8, 4) is 11.5 Å². The van der Waals surface area contributed by atoms with Gasteiger partial charge in [0.1, 0.15) is 5.58 Å². The summed E-state index contributed by atoms with van der Waals surface area (Å²) in [5, 5.41) is 0.817. The van der Waals surface area contributed by atoms with Gasteiger partial charge in [0, 0.05) is 18.2 Å². The summed E-state index contributed by atoms with van der Waals surface area (Å²) in [5.41, 5.74) is 1.88. The van der Waals surface area contributed by atoms with Crippen LogP contribution in [0.3, 0.4) is 0 Å². The Morgan fingerprint density at radius 1 is 1.08 bits per heavy atom. The first-order chi connectivity index (χ1) is 17.6. The normalized spacial score (nSPS) is 15.2. The maximum Gasteiger partial charge on any atom is 0.290 e. The predicted molar refractivity (Wildman–Crippen MR) is 144 cm³/mol. The molecule has 0 saturated heterocycles. The number of hydrogen-bond donors (Lipinski definition) is 0. The van der Waals surface area contributed by atoms with Crippen molar-refractivity contribution < 1.29 is 23.4 Å². The van der Waals surface area contributed by atoms with Crippen molar-refractivity contribution in [2.75, 3.05) is 26.9 Å². The average Bonchev–Trinajstić information content (AvgIpc) is 3.13. The van der Waals surface area contributed by atoms with Crippen LogP contribution in [0.1, 0.15) is 67.4 Å². The third-order valence-electron chi connectivity index (χ3n) is 6.32. The molecule has 0 radical (unpaired) electrons. The molecule has 1 aliphatic rings. The van der Waals surface area contributed by atoms with Crippen molar-refractivity contribution in [2.24, 2.45) is 5.92 Å². The summed E-state index contributed by atoms with van der Waals surface area (Å²) < 4.78 is 23.3. The number of carbonyl (C=O) groups excluding carboxylic acids is 1. The number of halogens is 1. The fraction of sp³-hybridized carbons (Fsp3) is 0.448. The number of methoxy groups -OCH3 is 1. The highest BCUT2D eigenvalue weighted by Gasteiger charge is 2.42. The minimum absolute atomic E-state index is 0.0631. The van der Waals surface area contributed by atoms with E-state index in [0.29, 0.717) is 65.2 Å². The van der Waals surface area contributed by atoms with Gasteiger partial charge in [-0.1, -0.05) is 31.5 Å². The number of nitrogens with zero attached hydrogens (tertiary/aromatic N) is 1. The molecule has 37 heavy (non-hydrogen) atoms. The van der Waals surface area contributed by atoms with Crippen LogP contribution in [-0.4, -0.2) is 43.8 Å². The molecule has 0 aliphatic carbocycles. The van der Waals surface area contributed by atoms with Crippen molar-refractivity contribution in [1.29, 1.82) is 0 Å². The number of rotatable bonds is 10. The molecule has 1 aliphatic heterocycles. The fourth-order valence-electron chi connectivity index (χ4n) is 4.50. The zero-order valence-electron chi connectivity index (χ0n) is 22.2. The highest BCUT2D eigenvalue weighted by molar-refractivity contribution is 6.32. The average molecular weight is 528 g/mol. The van der Waals surface area contributed by atoms with E-state index in [2.05, 4.69) is 13.8 Å². The Hall–Kier alpha value is -3.03. The summed E-state index contributed by atoms with van der Waals surface area (Å²) in [6.07, 6.45) is 0.700. The zero-order valence-corrected chi connectivity index (χ0v) is 23.0. The molecule has 3 aromatic rings. The van der Waals surface area contributed by atoms with Gasteiger partial charge >= 0.3 is 0 Å². The van der Waals surface area contributed by atoms with Gasteiger partial charge in [-0.15, -0.1) is 0 Å². The van der Waals surface area contributed by atoms with Gasteiger partial charge in [-0.25, -0.2) is 0 Å². The maximum atomic E-state index is 13.8. The third kappa shape index (κ3) is 5.48. The standard InChI is InChI=1S/C29H34ClNO6/c1-16(2)15-36-22-9-8-19(13-24(22)34-6)26-25-27(32)20-14-21(30)18(5)12-23(20)37-28(25)29(33)31(26)10-7-11-35-17(3)4/h8-9,12-14,16-17,26H,7,10-11,15H2,1-6H3. The Morgan fingerprint density at radius 3 is 2.51 bits per heavy atom.